The summed E-state index contributed by atoms with van der Waals surface area (Å²) >= 11 is 0. The molecular weight excluding hydrogens is 276 g/mol. The topological polar surface area (TPSA) is 88.1 Å². The van der Waals surface area contributed by atoms with Gasteiger partial charge in [-0.2, -0.15) is 0 Å². The third kappa shape index (κ3) is 5.70. The Hall–Kier alpha value is -2.28. The zero-order chi connectivity index (χ0) is 15.7. The SMILES string of the molecule is CCCN(CC)c1ccc(OC(=O)OCC(=O)NO)cc1. The smallest absolute Gasteiger partial charge is 0.424 e. The maximum absolute atomic E-state index is 11.3. The van der Waals surface area contributed by atoms with E-state index in [2.05, 4.69) is 23.5 Å². The van der Waals surface area contributed by atoms with E-state index in [1.54, 1.807) is 12.1 Å². The maximum atomic E-state index is 11.3. The minimum atomic E-state index is -1.01. The van der Waals surface area contributed by atoms with Gasteiger partial charge in [-0.1, -0.05) is 6.92 Å². The number of rotatable bonds is 7. The first-order chi connectivity index (χ1) is 10.1. The third-order valence-corrected chi connectivity index (χ3v) is 2.72. The predicted molar refractivity (Wildman–Crippen MR) is 76.5 cm³/mol. The molecule has 0 heterocycles. The molecule has 1 amide bonds. The molecule has 2 N–H and O–H groups in total. The van der Waals surface area contributed by atoms with E-state index in [1.165, 1.54) is 5.48 Å². The van der Waals surface area contributed by atoms with E-state index >= 15 is 0 Å². The van der Waals surface area contributed by atoms with Gasteiger partial charge in [-0.25, -0.2) is 10.3 Å². The minimum Gasteiger partial charge on any atom is -0.424 e. The molecule has 0 aliphatic heterocycles. The first kappa shape index (κ1) is 16.8. The lowest BCUT2D eigenvalue weighted by molar-refractivity contribution is -0.132. The Bertz CT molecular complexity index is 461. The molecule has 116 valence electrons. The van der Waals surface area contributed by atoms with Crippen LogP contribution in [0.25, 0.3) is 0 Å². The molecule has 0 fully saturated rings. The molecule has 7 nitrogen and oxygen atoms in total. The van der Waals surface area contributed by atoms with Crippen LogP contribution in [0, 0.1) is 0 Å². The van der Waals surface area contributed by atoms with Crippen LogP contribution in [-0.4, -0.2) is 37.0 Å². The second-order valence-electron chi connectivity index (χ2n) is 4.25. The highest BCUT2D eigenvalue weighted by Crippen LogP contribution is 2.19. The Balaban J connectivity index is 2.54. The summed E-state index contributed by atoms with van der Waals surface area (Å²) in [6.45, 7) is 5.43. The van der Waals surface area contributed by atoms with Crippen molar-refractivity contribution in [3.05, 3.63) is 24.3 Å². The Kier molecular flexibility index (Phi) is 7.03. The number of amides is 1. The largest absolute Gasteiger partial charge is 0.514 e. The van der Waals surface area contributed by atoms with E-state index in [1.807, 2.05) is 12.1 Å². The highest BCUT2D eigenvalue weighted by atomic mass is 16.7. The lowest BCUT2D eigenvalue weighted by atomic mass is 10.2. The number of carbonyl (C=O) groups is 2. The molecule has 0 radical (unpaired) electrons. The molecule has 0 aromatic heterocycles. The summed E-state index contributed by atoms with van der Waals surface area (Å²) in [4.78, 5) is 24.2. The van der Waals surface area contributed by atoms with Gasteiger partial charge < -0.3 is 14.4 Å². The lowest BCUT2D eigenvalue weighted by Gasteiger charge is -2.22. The fourth-order valence-corrected chi connectivity index (χ4v) is 1.75. The fraction of sp³-hybridized carbons (Fsp3) is 0.429. The molecule has 0 saturated heterocycles. The van der Waals surface area contributed by atoms with Crippen LogP contribution in [0.3, 0.4) is 0 Å². The molecular formula is C14H20N2O5. The van der Waals surface area contributed by atoms with Crippen molar-refractivity contribution in [3.63, 3.8) is 0 Å². The summed E-state index contributed by atoms with van der Waals surface area (Å²) in [7, 11) is 0. The molecule has 0 spiro atoms. The number of nitrogens with one attached hydrogen (secondary N) is 1. The zero-order valence-corrected chi connectivity index (χ0v) is 12.2. The van der Waals surface area contributed by atoms with Crippen molar-refractivity contribution >= 4 is 17.7 Å². The van der Waals surface area contributed by atoms with Crippen LogP contribution >= 0.6 is 0 Å². The van der Waals surface area contributed by atoms with Crippen molar-refractivity contribution in [3.8, 4) is 5.75 Å². The second kappa shape index (κ2) is 8.80. The molecule has 0 saturated carbocycles. The summed E-state index contributed by atoms with van der Waals surface area (Å²) in [5, 5.41) is 8.25. The third-order valence-electron chi connectivity index (χ3n) is 2.72. The molecule has 1 aromatic carbocycles. The standard InChI is InChI=1S/C14H20N2O5/c1-3-9-16(4-2)11-5-7-12(8-6-11)21-14(18)20-10-13(17)15-19/h5-8,19H,3-4,9-10H2,1-2H3,(H,15,17). The number of hydrogen-bond donors (Lipinski definition) is 2. The fourth-order valence-electron chi connectivity index (χ4n) is 1.75. The number of carbonyl (C=O) groups excluding carboxylic acids is 2. The Morgan fingerprint density at radius 2 is 1.90 bits per heavy atom. The molecule has 0 aliphatic rings. The summed E-state index contributed by atoms with van der Waals surface area (Å²) in [5.74, 6) is -0.513. The van der Waals surface area contributed by atoms with Gasteiger partial charge in [-0.05, 0) is 37.6 Å². The van der Waals surface area contributed by atoms with Crippen LogP contribution in [0.1, 0.15) is 20.3 Å². The average Bonchev–Trinajstić information content (AvgIpc) is 2.51. The van der Waals surface area contributed by atoms with Gasteiger partial charge in [0.2, 0.25) is 0 Å². The second-order valence-corrected chi connectivity index (χ2v) is 4.25. The number of hydrogen-bond acceptors (Lipinski definition) is 6. The minimum absolute atomic E-state index is 0.320. The van der Waals surface area contributed by atoms with Crippen molar-refractivity contribution in [1.29, 1.82) is 0 Å². The summed E-state index contributed by atoms with van der Waals surface area (Å²) in [5.41, 5.74) is 2.39. The van der Waals surface area contributed by atoms with E-state index in [4.69, 9.17) is 9.94 Å². The van der Waals surface area contributed by atoms with Crippen LogP contribution in [0.15, 0.2) is 24.3 Å². The maximum Gasteiger partial charge on any atom is 0.514 e. The van der Waals surface area contributed by atoms with Crippen molar-refractivity contribution in [2.24, 2.45) is 0 Å². The number of benzene rings is 1. The van der Waals surface area contributed by atoms with Crippen molar-refractivity contribution < 1.29 is 24.3 Å². The van der Waals surface area contributed by atoms with E-state index in [-0.39, 0.29) is 0 Å². The highest BCUT2D eigenvalue weighted by molar-refractivity contribution is 5.78. The van der Waals surface area contributed by atoms with Gasteiger partial charge in [0.05, 0.1) is 0 Å². The van der Waals surface area contributed by atoms with Gasteiger partial charge in [-0.15, -0.1) is 0 Å². The number of ether oxygens (including phenoxy) is 2. The molecule has 0 bridgehead atoms. The molecule has 0 unspecified atom stereocenters. The monoisotopic (exact) mass is 296 g/mol. The van der Waals surface area contributed by atoms with Gasteiger partial charge in [0.1, 0.15) is 5.75 Å². The highest BCUT2D eigenvalue weighted by Gasteiger charge is 2.10. The van der Waals surface area contributed by atoms with Crippen LogP contribution in [0.2, 0.25) is 0 Å². The van der Waals surface area contributed by atoms with Gasteiger partial charge in [0.15, 0.2) is 6.61 Å². The van der Waals surface area contributed by atoms with Crippen LogP contribution in [-0.2, 0) is 9.53 Å². The summed E-state index contributed by atoms with van der Waals surface area (Å²) < 4.78 is 9.39. The van der Waals surface area contributed by atoms with E-state index in [0.717, 1.165) is 25.2 Å². The van der Waals surface area contributed by atoms with Crippen LogP contribution < -0.4 is 15.1 Å². The predicted octanol–water partition coefficient (Wildman–Crippen LogP) is 1.94. The first-order valence-electron chi connectivity index (χ1n) is 6.73. The molecule has 7 heteroatoms. The molecule has 0 aliphatic carbocycles. The van der Waals surface area contributed by atoms with E-state index in [9.17, 15) is 9.59 Å². The lowest BCUT2D eigenvalue weighted by Crippen LogP contribution is -2.26. The normalized spacial score (nSPS) is 9.86. The summed E-state index contributed by atoms with van der Waals surface area (Å²) in [6, 6.07) is 7.01. The Morgan fingerprint density at radius 3 is 2.43 bits per heavy atom. The molecule has 1 rings (SSSR count). The van der Waals surface area contributed by atoms with Gasteiger partial charge >= 0.3 is 6.16 Å². The van der Waals surface area contributed by atoms with Crippen LogP contribution in [0.4, 0.5) is 10.5 Å². The molecule has 1 aromatic rings. The van der Waals surface area contributed by atoms with E-state index in [0.29, 0.717) is 5.75 Å². The number of hydroxylamine groups is 1. The van der Waals surface area contributed by atoms with E-state index < -0.39 is 18.7 Å². The molecule has 0 atom stereocenters. The summed E-state index contributed by atoms with van der Waals surface area (Å²) in [6.07, 6.45) is 0.0398. The number of nitrogens with zero attached hydrogens (tertiary/aromatic N) is 1. The van der Waals surface area contributed by atoms with Crippen molar-refractivity contribution in [2.75, 3.05) is 24.6 Å². The zero-order valence-electron chi connectivity index (χ0n) is 12.2. The number of anilines is 1. The van der Waals surface area contributed by atoms with Gasteiger partial charge in [0, 0.05) is 18.8 Å². The first-order valence-corrected chi connectivity index (χ1v) is 6.73. The quantitative estimate of drug-likeness (QED) is 0.346. The van der Waals surface area contributed by atoms with Gasteiger partial charge in [0.25, 0.3) is 5.91 Å². The van der Waals surface area contributed by atoms with Crippen LogP contribution in [0.5, 0.6) is 5.75 Å². The van der Waals surface area contributed by atoms with Crippen molar-refractivity contribution in [1.82, 2.24) is 5.48 Å². The Labute approximate surface area is 123 Å². The Morgan fingerprint density at radius 1 is 1.24 bits per heavy atom. The van der Waals surface area contributed by atoms with Crippen molar-refractivity contribution in [2.45, 2.75) is 20.3 Å². The van der Waals surface area contributed by atoms with Gasteiger partial charge in [-0.3, -0.25) is 10.0 Å². The molecule has 21 heavy (non-hydrogen) atoms. The average molecular weight is 296 g/mol.